The zero-order valence-electron chi connectivity index (χ0n) is 12.4. The van der Waals surface area contributed by atoms with E-state index in [4.69, 9.17) is 0 Å². The number of hydrogen-bond acceptors (Lipinski definition) is 2. The zero-order chi connectivity index (χ0) is 15.3. The monoisotopic (exact) mass is 340 g/mol. The first-order chi connectivity index (χ1) is 9.40. The summed E-state index contributed by atoms with van der Waals surface area (Å²) in [4.78, 5) is 27.3. The fourth-order valence-corrected chi connectivity index (χ4v) is 2.57. The quantitative estimate of drug-likeness (QED) is 0.826. The topological polar surface area (TPSA) is 40.6 Å². The number of carbonyl (C=O) groups is 2. The van der Waals surface area contributed by atoms with E-state index in [1.165, 1.54) is 11.8 Å². The van der Waals surface area contributed by atoms with Crippen molar-refractivity contribution in [1.82, 2.24) is 4.90 Å². The van der Waals surface area contributed by atoms with Crippen molar-refractivity contribution in [3.05, 3.63) is 28.2 Å². The summed E-state index contributed by atoms with van der Waals surface area (Å²) in [5.74, 6) is -0.163. The molecule has 110 valence electrons. The van der Waals surface area contributed by atoms with E-state index in [0.717, 1.165) is 15.7 Å². The summed E-state index contributed by atoms with van der Waals surface area (Å²) in [6.07, 6.45) is 0. The van der Waals surface area contributed by atoms with E-state index in [-0.39, 0.29) is 18.4 Å². The van der Waals surface area contributed by atoms with Crippen LogP contribution in [-0.4, -0.2) is 36.3 Å². The van der Waals surface area contributed by atoms with Gasteiger partial charge in [-0.3, -0.25) is 9.59 Å². The zero-order valence-corrected chi connectivity index (χ0v) is 14.0. The summed E-state index contributed by atoms with van der Waals surface area (Å²) >= 11 is 3.40. The first-order valence-electron chi connectivity index (χ1n) is 6.72. The molecule has 0 aromatic heterocycles. The van der Waals surface area contributed by atoms with Crippen LogP contribution in [0.4, 0.5) is 5.69 Å². The Hall–Kier alpha value is -1.36. The van der Waals surface area contributed by atoms with Gasteiger partial charge < -0.3 is 9.80 Å². The van der Waals surface area contributed by atoms with Gasteiger partial charge in [0.15, 0.2) is 0 Å². The van der Waals surface area contributed by atoms with Crippen LogP contribution in [0.15, 0.2) is 22.7 Å². The summed E-state index contributed by atoms with van der Waals surface area (Å²) in [6.45, 7) is 8.67. The Labute approximate surface area is 128 Å². The maximum Gasteiger partial charge on any atom is 0.242 e. The lowest BCUT2D eigenvalue weighted by Gasteiger charge is -2.26. The van der Waals surface area contributed by atoms with Crippen LogP contribution in [0.5, 0.6) is 0 Å². The van der Waals surface area contributed by atoms with Crippen molar-refractivity contribution in [2.75, 3.05) is 24.5 Å². The molecule has 1 rings (SSSR count). The smallest absolute Gasteiger partial charge is 0.242 e. The second kappa shape index (κ2) is 7.43. The van der Waals surface area contributed by atoms with Gasteiger partial charge in [0.05, 0.1) is 0 Å². The lowest BCUT2D eigenvalue weighted by molar-refractivity contribution is -0.130. The molecule has 0 N–H and O–H groups in total. The number of likely N-dealkylation sites (N-methyl/N-ethyl adjacent to an activating group) is 1. The normalized spacial score (nSPS) is 10.2. The maximum absolute atomic E-state index is 12.2. The van der Waals surface area contributed by atoms with Crippen molar-refractivity contribution >= 4 is 33.4 Å². The molecule has 20 heavy (non-hydrogen) atoms. The van der Waals surface area contributed by atoms with E-state index in [2.05, 4.69) is 15.9 Å². The predicted molar refractivity (Wildman–Crippen MR) is 84.8 cm³/mol. The number of benzene rings is 1. The van der Waals surface area contributed by atoms with Crippen LogP contribution in [0.2, 0.25) is 0 Å². The minimum Gasteiger partial charge on any atom is -0.342 e. The lowest BCUT2D eigenvalue weighted by Crippen LogP contribution is -2.42. The molecule has 0 unspecified atom stereocenters. The summed E-state index contributed by atoms with van der Waals surface area (Å²) in [5.41, 5.74) is 1.74. The Bertz CT molecular complexity index is 499. The highest BCUT2D eigenvalue weighted by Crippen LogP contribution is 2.24. The largest absolute Gasteiger partial charge is 0.342 e. The van der Waals surface area contributed by atoms with Crippen molar-refractivity contribution < 1.29 is 9.59 Å². The summed E-state index contributed by atoms with van der Waals surface area (Å²) in [7, 11) is 0. The van der Waals surface area contributed by atoms with Crippen LogP contribution in [0.25, 0.3) is 0 Å². The number of aryl methyl sites for hydroxylation is 1. The van der Waals surface area contributed by atoms with Crippen LogP contribution in [0.3, 0.4) is 0 Å². The van der Waals surface area contributed by atoms with E-state index in [1.807, 2.05) is 39.0 Å². The van der Waals surface area contributed by atoms with Crippen LogP contribution in [0.1, 0.15) is 26.3 Å². The Morgan fingerprint density at radius 2 is 1.80 bits per heavy atom. The molecule has 0 aliphatic rings. The van der Waals surface area contributed by atoms with Gasteiger partial charge in [-0.05, 0) is 44.5 Å². The minimum atomic E-state index is -0.129. The van der Waals surface area contributed by atoms with E-state index in [0.29, 0.717) is 13.1 Å². The van der Waals surface area contributed by atoms with Gasteiger partial charge in [0, 0.05) is 30.2 Å². The van der Waals surface area contributed by atoms with Gasteiger partial charge >= 0.3 is 0 Å². The van der Waals surface area contributed by atoms with Gasteiger partial charge in [0.2, 0.25) is 11.8 Å². The molecule has 4 nitrogen and oxygen atoms in total. The van der Waals surface area contributed by atoms with E-state index in [1.54, 1.807) is 4.90 Å². The molecular formula is C15H21BrN2O2. The SMILES string of the molecule is CCN(CC)C(=O)CN(C(C)=O)c1ccc(Br)cc1C. The van der Waals surface area contributed by atoms with Gasteiger partial charge in [-0.1, -0.05) is 15.9 Å². The van der Waals surface area contributed by atoms with Gasteiger partial charge in [0.1, 0.15) is 6.54 Å². The molecule has 0 heterocycles. The first kappa shape index (κ1) is 16.7. The average molecular weight is 341 g/mol. The Morgan fingerprint density at radius 3 is 2.25 bits per heavy atom. The first-order valence-corrected chi connectivity index (χ1v) is 7.52. The third kappa shape index (κ3) is 4.07. The van der Waals surface area contributed by atoms with Crippen molar-refractivity contribution in [1.29, 1.82) is 0 Å². The lowest BCUT2D eigenvalue weighted by atomic mass is 10.1. The van der Waals surface area contributed by atoms with Crippen molar-refractivity contribution in [2.24, 2.45) is 0 Å². The number of hydrogen-bond donors (Lipinski definition) is 0. The van der Waals surface area contributed by atoms with Crippen molar-refractivity contribution in [3.8, 4) is 0 Å². The molecular weight excluding hydrogens is 320 g/mol. The molecule has 0 radical (unpaired) electrons. The number of nitrogens with zero attached hydrogens (tertiary/aromatic N) is 2. The second-order valence-electron chi connectivity index (χ2n) is 4.60. The fraction of sp³-hybridized carbons (Fsp3) is 0.467. The van der Waals surface area contributed by atoms with Crippen molar-refractivity contribution in [2.45, 2.75) is 27.7 Å². The van der Waals surface area contributed by atoms with Crippen LogP contribution < -0.4 is 4.90 Å². The molecule has 0 aliphatic carbocycles. The number of amides is 2. The molecule has 0 bridgehead atoms. The van der Waals surface area contributed by atoms with E-state index < -0.39 is 0 Å². The third-order valence-corrected chi connectivity index (χ3v) is 3.73. The molecule has 0 saturated heterocycles. The second-order valence-corrected chi connectivity index (χ2v) is 5.52. The Kier molecular flexibility index (Phi) is 6.20. The fourth-order valence-electron chi connectivity index (χ4n) is 2.10. The Morgan fingerprint density at radius 1 is 1.20 bits per heavy atom. The molecule has 0 saturated carbocycles. The standard InChI is InChI=1S/C15H21BrN2O2/c1-5-17(6-2)15(20)10-18(12(4)19)14-8-7-13(16)9-11(14)3/h7-9H,5-6,10H2,1-4H3. The van der Waals surface area contributed by atoms with E-state index >= 15 is 0 Å². The Balaban J connectivity index is 3.01. The third-order valence-electron chi connectivity index (χ3n) is 3.24. The van der Waals surface area contributed by atoms with Gasteiger partial charge in [-0.25, -0.2) is 0 Å². The summed E-state index contributed by atoms with van der Waals surface area (Å²) in [5, 5.41) is 0. The van der Waals surface area contributed by atoms with Crippen LogP contribution in [0, 0.1) is 6.92 Å². The van der Waals surface area contributed by atoms with E-state index in [9.17, 15) is 9.59 Å². The molecule has 5 heteroatoms. The molecule has 0 aliphatic heterocycles. The van der Waals surface area contributed by atoms with Gasteiger partial charge in [-0.15, -0.1) is 0 Å². The highest BCUT2D eigenvalue weighted by molar-refractivity contribution is 9.10. The number of rotatable bonds is 5. The number of carbonyl (C=O) groups excluding carboxylic acids is 2. The van der Waals surface area contributed by atoms with Crippen LogP contribution in [-0.2, 0) is 9.59 Å². The summed E-state index contributed by atoms with van der Waals surface area (Å²) in [6, 6.07) is 5.67. The highest BCUT2D eigenvalue weighted by Gasteiger charge is 2.20. The maximum atomic E-state index is 12.2. The van der Waals surface area contributed by atoms with Gasteiger partial charge in [-0.2, -0.15) is 0 Å². The number of anilines is 1. The average Bonchev–Trinajstić information content (AvgIpc) is 2.38. The van der Waals surface area contributed by atoms with Crippen molar-refractivity contribution in [3.63, 3.8) is 0 Å². The van der Waals surface area contributed by atoms with Gasteiger partial charge in [0.25, 0.3) is 0 Å². The molecule has 0 atom stereocenters. The minimum absolute atomic E-state index is 0.0347. The molecule has 1 aromatic rings. The summed E-state index contributed by atoms with van der Waals surface area (Å²) < 4.78 is 0.956. The molecule has 2 amide bonds. The van der Waals surface area contributed by atoms with Crippen LogP contribution >= 0.6 is 15.9 Å². The predicted octanol–water partition coefficient (Wildman–Crippen LogP) is 2.98. The molecule has 0 fully saturated rings. The molecule has 1 aromatic carbocycles. The highest BCUT2D eigenvalue weighted by atomic mass is 79.9. The molecule has 0 spiro atoms. The number of halogens is 1.